The van der Waals surface area contributed by atoms with E-state index in [0.29, 0.717) is 13.0 Å². The zero-order valence-corrected chi connectivity index (χ0v) is 10.9. The molecule has 3 N–H and O–H groups in total. The van der Waals surface area contributed by atoms with Gasteiger partial charge in [0.1, 0.15) is 5.54 Å². The molecule has 5 nitrogen and oxygen atoms in total. The van der Waals surface area contributed by atoms with E-state index in [1.54, 1.807) is 7.11 Å². The van der Waals surface area contributed by atoms with Crippen molar-refractivity contribution in [2.45, 2.75) is 44.2 Å². The lowest BCUT2D eigenvalue weighted by molar-refractivity contribution is -0.147. The second-order valence-electron chi connectivity index (χ2n) is 5.39. The van der Waals surface area contributed by atoms with Gasteiger partial charge in [0.15, 0.2) is 0 Å². The van der Waals surface area contributed by atoms with Crippen LogP contribution in [0.25, 0.3) is 0 Å². The van der Waals surface area contributed by atoms with Crippen molar-refractivity contribution in [3.8, 4) is 0 Å². The summed E-state index contributed by atoms with van der Waals surface area (Å²) in [5.74, 6) is -0.901. The predicted molar refractivity (Wildman–Crippen MR) is 63.8 cm³/mol. The van der Waals surface area contributed by atoms with Crippen LogP contribution < -0.4 is 5.73 Å². The summed E-state index contributed by atoms with van der Waals surface area (Å²) >= 11 is 0. The maximum absolute atomic E-state index is 11.1. The Morgan fingerprint density at radius 3 is 2.47 bits per heavy atom. The Morgan fingerprint density at radius 2 is 2.06 bits per heavy atom. The average Bonchev–Trinajstić information content (AvgIpc) is 3.07. The fraction of sp³-hybridized carbons (Fsp3) is 0.917. The monoisotopic (exact) mass is 245 g/mol. The van der Waals surface area contributed by atoms with Crippen LogP contribution in [0.2, 0.25) is 0 Å². The van der Waals surface area contributed by atoms with Crippen LogP contribution in [0.1, 0.15) is 33.1 Å². The normalized spacial score (nSPS) is 20.0. The van der Waals surface area contributed by atoms with Crippen molar-refractivity contribution in [1.29, 1.82) is 0 Å². The number of methoxy groups -OCH3 is 1. The van der Waals surface area contributed by atoms with E-state index in [2.05, 4.69) is 0 Å². The highest BCUT2D eigenvalue weighted by Crippen LogP contribution is 2.38. The van der Waals surface area contributed by atoms with Gasteiger partial charge in [0.05, 0.1) is 12.2 Å². The fourth-order valence-electron chi connectivity index (χ4n) is 1.61. The number of ether oxygens (including phenoxy) is 2. The second-order valence-corrected chi connectivity index (χ2v) is 5.39. The number of hydrogen-bond acceptors (Lipinski definition) is 4. The molecule has 17 heavy (non-hydrogen) atoms. The van der Waals surface area contributed by atoms with Crippen LogP contribution in [0.4, 0.5) is 0 Å². The van der Waals surface area contributed by atoms with Gasteiger partial charge in [-0.3, -0.25) is 4.79 Å². The van der Waals surface area contributed by atoms with Crippen molar-refractivity contribution in [2.75, 3.05) is 20.3 Å². The zero-order valence-electron chi connectivity index (χ0n) is 10.9. The largest absolute Gasteiger partial charge is 0.480 e. The minimum absolute atomic E-state index is 0.0652. The SMILES string of the molecule is COC(C)(C)CCOCC(N)(C(=O)O)C1CC1. The lowest BCUT2D eigenvalue weighted by atomic mass is 9.96. The summed E-state index contributed by atoms with van der Waals surface area (Å²) in [7, 11) is 1.65. The highest BCUT2D eigenvalue weighted by molar-refractivity contribution is 5.79. The number of nitrogens with two attached hydrogens (primary N) is 1. The molecular weight excluding hydrogens is 222 g/mol. The van der Waals surface area contributed by atoms with Crippen molar-refractivity contribution in [1.82, 2.24) is 0 Å². The minimum atomic E-state index is -1.21. The van der Waals surface area contributed by atoms with Gasteiger partial charge in [-0.25, -0.2) is 0 Å². The molecule has 1 unspecified atom stereocenters. The summed E-state index contributed by atoms with van der Waals surface area (Å²) < 4.78 is 10.7. The third-order valence-corrected chi connectivity index (χ3v) is 3.45. The molecule has 1 rings (SSSR count). The van der Waals surface area contributed by atoms with Crippen LogP contribution in [-0.4, -0.2) is 42.5 Å². The maximum Gasteiger partial charge on any atom is 0.326 e. The zero-order chi connectivity index (χ0) is 13.1. The maximum atomic E-state index is 11.1. The van der Waals surface area contributed by atoms with Crippen LogP contribution in [-0.2, 0) is 14.3 Å². The van der Waals surface area contributed by atoms with Gasteiger partial charge in [0, 0.05) is 13.7 Å². The molecule has 0 aromatic carbocycles. The van der Waals surface area contributed by atoms with Crippen LogP contribution in [0.5, 0.6) is 0 Å². The smallest absolute Gasteiger partial charge is 0.326 e. The van der Waals surface area contributed by atoms with E-state index in [1.807, 2.05) is 13.8 Å². The molecule has 1 atom stereocenters. The highest BCUT2D eigenvalue weighted by Gasteiger charge is 2.48. The standard InChI is InChI=1S/C12H23NO4/c1-11(2,16-3)6-7-17-8-12(13,10(14)15)9-4-5-9/h9H,4-8,13H2,1-3H3,(H,14,15). The van der Waals surface area contributed by atoms with E-state index in [4.69, 9.17) is 20.3 Å². The van der Waals surface area contributed by atoms with Gasteiger partial charge < -0.3 is 20.3 Å². The molecule has 1 saturated carbocycles. The number of carbonyl (C=O) groups is 1. The van der Waals surface area contributed by atoms with Crippen molar-refractivity contribution in [3.63, 3.8) is 0 Å². The van der Waals surface area contributed by atoms with Crippen LogP contribution in [0.15, 0.2) is 0 Å². The van der Waals surface area contributed by atoms with E-state index < -0.39 is 11.5 Å². The van der Waals surface area contributed by atoms with Crippen molar-refractivity contribution >= 4 is 5.97 Å². The summed E-state index contributed by atoms with van der Waals surface area (Å²) in [6.07, 6.45) is 2.48. The minimum Gasteiger partial charge on any atom is -0.480 e. The summed E-state index contributed by atoms with van der Waals surface area (Å²) in [6.45, 7) is 4.46. The Labute approximate surface area is 102 Å². The van der Waals surface area contributed by atoms with E-state index in [-0.39, 0.29) is 18.1 Å². The Kier molecular flexibility index (Phi) is 4.52. The number of carboxylic acid groups (broad SMARTS) is 1. The molecule has 0 amide bonds. The molecule has 0 aromatic heterocycles. The van der Waals surface area contributed by atoms with E-state index in [1.165, 1.54) is 0 Å². The molecule has 0 spiro atoms. The van der Waals surface area contributed by atoms with Gasteiger partial charge in [-0.05, 0) is 39.0 Å². The Hall–Kier alpha value is -0.650. The molecule has 0 aromatic rings. The molecule has 1 aliphatic rings. The first-order valence-corrected chi connectivity index (χ1v) is 5.97. The van der Waals surface area contributed by atoms with Gasteiger partial charge in [-0.15, -0.1) is 0 Å². The second kappa shape index (κ2) is 5.33. The van der Waals surface area contributed by atoms with Crippen LogP contribution in [0.3, 0.4) is 0 Å². The molecule has 0 heterocycles. The van der Waals surface area contributed by atoms with Gasteiger partial charge in [-0.1, -0.05) is 0 Å². The molecule has 0 radical (unpaired) electrons. The van der Waals surface area contributed by atoms with Gasteiger partial charge in [0.25, 0.3) is 0 Å². The van der Waals surface area contributed by atoms with E-state index >= 15 is 0 Å². The van der Waals surface area contributed by atoms with E-state index in [0.717, 1.165) is 12.8 Å². The Morgan fingerprint density at radius 1 is 1.47 bits per heavy atom. The highest BCUT2D eigenvalue weighted by atomic mass is 16.5. The Bertz CT molecular complexity index is 276. The predicted octanol–water partition coefficient (Wildman–Crippen LogP) is 1.01. The number of aliphatic carboxylic acids is 1. The first-order chi connectivity index (χ1) is 7.82. The molecule has 5 heteroatoms. The first kappa shape index (κ1) is 14.4. The summed E-state index contributed by atoms with van der Waals surface area (Å²) in [5, 5.41) is 9.12. The molecule has 1 aliphatic carbocycles. The summed E-state index contributed by atoms with van der Waals surface area (Å²) in [4.78, 5) is 11.1. The molecule has 0 aliphatic heterocycles. The van der Waals surface area contributed by atoms with Gasteiger partial charge >= 0.3 is 5.97 Å². The van der Waals surface area contributed by atoms with E-state index in [9.17, 15) is 4.79 Å². The molecule has 100 valence electrons. The molecule has 0 saturated heterocycles. The number of hydrogen-bond donors (Lipinski definition) is 2. The third kappa shape index (κ3) is 3.94. The summed E-state index contributed by atoms with van der Waals surface area (Å²) in [5.41, 5.74) is 4.41. The van der Waals surface area contributed by atoms with Gasteiger partial charge in [0.2, 0.25) is 0 Å². The fourth-order valence-corrected chi connectivity index (χ4v) is 1.61. The van der Waals surface area contributed by atoms with Crippen molar-refractivity contribution in [3.05, 3.63) is 0 Å². The molecule has 0 bridgehead atoms. The first-order valence-electron chi connectivity index (χ1n) is 5.97. The number of carboxylic acids is 1. The lowest BCUT2D eigenvalue weighted by Crippen LogP contribution is -2.54. The quantitative estimate of drug-likeness (QED) is 0.624. The van der Waals surface area contributed by atoms with Crippen LogP contribution >= 0.6 is 0 Å². The number of rotatable bonds is 8. The average molecular weight is 245 g/mol. The van der Waals surface area contributed by atoms with Gasteiger partial charge in [-0.2, -0.15) is 0 Å². The van der Waals surface area contributed by atoms with Crippen LogP contribution in [0, 0.1) is 5.92 Å². The third-order valence-electron chi connectivity index (χ3n) is 3.45. The molecular formula is C12H23NO4. The Balaban J connectivity index is 2.31. The topological polar surface area (TPSA) is 81.8 Å². The summed E-state index contributed by atoms with van der Waals surface area (Å²) in [6, 6.07) is 0. The lowest BCUT2D eigenvalue weighted by Gasteiger charge is -2.26. The molecule has 1 fully saturated rings. The van der Waals surface area contributed by atoms with Crippen molar-refractivity contribution in [2.24, 2.45) is 11.7 Å². The van der Waals surface area contributed by atoms with Crippen molar-refractivity contribution < 1.29 is 19.4 Å².